The molecule has 17 heteroatoms. The first kappa shape index (κ1) is 41.2. The van der Waals surface area contributed by atoms with E-state index < -0.39 is 59.8 Å². The second kappa shape index (κ2) is 17.3. The van der Waals surface area contributed by atoms with Crippen LogP contribution in [0.2, 0.25) is 0 Å². The number of anilines is 2. The topological polar surface area (TPSA) is 78.8 Å². The van der Waals surface area contributed by atoms with E-state index in [2.05, 4.69) is 9.97 Å². The summed E-state index contributed by atoms with van der Waals surface area (Å²) in [4.78, 5) is 22.2. The zero-order valence-corrected chi connectivity index (χ0v) is 29.4. The molecular formula is C33H36F9N4NaO3. The number of alkyl halides is 9. The maximum absolute atomic E-state index is 14.0. The van der Waals surface area contributed by atoms with Gasteiger partial charge in [-0.1, -0.05) is 19.3 Å². The zero-order valence-electron chi connectivity index (χ0n) is 28.4. The van der Waals surface area contributed by atoms with Crippen LogP contribution in [0.3, 0.4) is 0 Å². The van der Waals surface area contributed by atoms with Gasteiger partial charge in [-0.15, -0.1) is 0 Å². The summed E-state index contributed by atoms with van der Waals surface area (Å²) in [6.45, 7) is 1.52. The molecular weight excluding hydrogens is 694 g/mol. The molecule has 1 aliphatic carbocycles. The van der Waals surface area contributed by atoms with Crippen LogP contribution in [0, 0.1) is 5.92 Å². The van der Waals surface area contributed by atoms with Crippen LogP contribution in [0.25, 0.3) is 0 Å². The molecule has 0 radical (unpaired) electrons. The molecule has 270 valence electrons. The Hall–Kier alpha value is -3.24. The molecule has 1 fully saturated rings. The third-order valence-corrected chi connectivity index (χ3v) is 8.20. The molecule has 1 saturated carbocycles. The van der Waals surface area contributed by atoms with E-state index in [0.717, 1.165) is 56.6 Å². The summed E-state index contributed by atoms with van der Waals surface area (Å²) >= 11 is 0. The van der Waals surface area contributed by atoms with E-state index in [4.69, 9.17) is 9.84 Å². The minimum absolute atomic E-state index is 0. The number of aromatic nitrogens is 2. The third kappa shape index (κ3) is 11.7. The molecule has 1 aliphatic rings. The number of aliphatic carboxylic acids is 1. The Kier molecular flexibility index (Phi) is 14.3. The second-order valence-electron chi connectivity index (χ2n) is 11.9. The smallest absolute Gasteiger partial charge is 1.00 e. The van der Waals surface area contributed by atoms with Gasteiger partial charge in [-0.25, -0.2) is 9.97 Å². The summed E-state index contributed by atoms with van der Waals surface area (Å²) in [7, 11) is 0. The average Bonchev–Trinajstić information content (AvgIpc) is 3.03. The number of carboxylic acids is 1. The largest absolute Gasteiger partial charge is 1.00 e. The predicted octanol–water partition coefficient (Wildman–Crippen LogP) is 6.12. The summed E-state index contributed by atoms with van der Waals surface area (Å²) in [5.41, 5.74) is -3.98. The number of ether oxygens (including phenoxy) is 1. The summed E-state index contributed by atoms with van der Waals surface area (Å²) in [5.74, 6) is -1.05. The molecule has 50 heavy (non-hydrogen) atoms. The minimum Gasteiger partial charge on any atom is -1.00 e. The monoisotopic (exact) mass is 730 g/mol. The molecule has 0 atom stereocenters. The summed E-state index contributed by atoms with van der Waals surface area (Å²) < 4.78 is 129. The van der Waals surface area contributed by atoms with Crippen molar-refractivity contribution >= 4 is 17.6 Å². The molecule has 0 saturated heterocycles. The summed E-state index contributed by atoms with van der Waals surface area (Å²) in [6, 6.07) is 4.26. The summed E-state index contributed by atoms with van der Waals surface area (Å²) in [6.07, 6.45) is -8.04. The molecule has 3 aromatic rings. The van der Waals surface area contributed by atoms with E-state index in [1.165, 1.54) is 11.0 Å². The first-order valence-corrected chi connectivity index (χ1v) is 15.6. The van der Waals surface area contributed by atoms with Crippen molar-refractivity contribution in [2.24, 2.45) is 5.92 Å². The molecule has 0 amide bonds. The van der Waals surface area contributed by atoms with Gasteiger partial charge in [0.2, 0.25) is 5.95 Å². The number of nitrogens with zero attached hydrogens (tertiary/aromatic N) is 4. The van der Waals surface area contributed by atoms with Gasteiger partial charge in [0.25, 0.3) is 0 Å². The van der Waals surface area contributed by atoms with Crippen LogP contribution >= 0.6 is 0 Å². The normalized spacial score (nSPS) is 14.2. The van der Waals surface area contributed by atoms with Gasteiger partial charge in [-0.2, -0.15) is 39.5 Å². The second-order valence-corrected chi connectivity index (χ2v) is 11.9. The van der Waals surface area contributed by atoms with E-state index in [1.807, 2.05) is 11.8 Å². The van der Waals surface area contributed by atoms with Crippen molar-refractivity contribution in [1.82, 2.24) is 9.97 Å². The Balaban J connectivity index is 0.00000451. The number of hydrogen-bond acceptors (Lipinski definition) is 6. The number of carboxylic acid groups (broad SMARTS) is 1. The molecule has 7 nitrogen and oxygen atoms in total. The maximum Gasteiger partial charge on any atom is 1.00 e. The standard InChI is InChI=1S/C33H35F9N4O3.Na.H/c1-2-45(18-21-6-4-3-5-7-21)28-9-8-24(31(34,35)36)14-23(28)20-46(30-43-16-27(17-44-30)49-11-10-29(47)48)19-22-12-25(32(37,38)39)15-26(13-22)33(40,41)42;;/h8-9,12-17,21H,2-7,10-11,18-20H2,1H3,(H,47,48);;/q;+1;-1. The van der Waals surface area contributed by atoms with Gasteiger partial charge in [0, 0.05) is 31.9 Å². The van der Waals surface area contributed by atoms with Gasteiger partial charge >= 0.3 is 54.1 Å². The third-order valence-electron chi connectivity index (χ3n) is 8.20. The molecule has 4 rings (SSSR count). The number of hydrogen-bond donors (Lipinski definition) is 1. The number of rotatable bonds is 13. The zero-order chi connectivity index (χ0) is 36.0. The van der Waals surface area contributed by atoms with Crippen molar-refractivity contribution in [1.29, 1.82) is 0 Å². The fraction of sp³-hybridized carbons (Fsp3) is 0.485. The SMILES string of the molecule is CCN(CC1CCCCC1)c1ccc(C(F)(F)F)cc1CN(Cc1cc(C(F)(F)F)cc(C(F)(F)F)c1)c1ncc(OCCC(=O)O)cn1.[H-].[Na+]. The van der Waals surface area contributed by atoms with Gasteiger partial charge in [0.05, 0.1) is 42.1 Å². The molecule has 0 unspecified atom stereocenters. The Morgan fingerprint density at radius 2 is 1.42 bits per heavy atom. The average molecular weight is 731 g/mol. The van der Waals surface area contributed by atoms with Crippen LogP contribution in [0.4, 0.5) is 51.1 Å². The van der Waals surface area contributed by atoms with E-state index in [9.17, 15) is 44.3 Å². The quantitative estimate of drug-likeness (QED) is 0.168. The summed E-state index contributed by atoms with van der Waals surface area (Å²) in [5, 5.41) is 8.84. The minimum atomic E-state index is -5.12. The van der Waals surface area contributed by atoms with Gasteiger partial charge in [0.1, 0.15) is 0 Å². The van der Waals surface area contributed by atoms with Crippen LogP contribution in [0.15, 0.2) is 48.8 Å². The van der Waals surface area contributed by atoms with E-state index in [1.54, 1.807) is 0 Å². The van der Waals surface area contributed by atoms with Crippen molar-refractivity contribution in [3.63, 3.8) is 0 Å². The molecule has 0 spiro atoms. The Labute approximate surface area is 306 Å². The van der Waals surface area contributed by atoms with Gasteiger partial charge in [-0.05, 0) is 73.2 Å². The van der Waals surface area contributed by atoms with Crippen molar-refractivity contribution in [3.8, 4) is 5.75 Å². The van der Waals surface area contributed by atoms with E-state index in [-0.39, 0.29) is 67.3 Å². The number of benzene rings is 2. The fourth-order valence-corrected chi connectivity index (χ4v) is 5.81. The predicted molar refractivity (Wildman–Crippen MR) is 163 cm³/mol. The number of halogens is 9. The van der Waals surface area contributed by atoms with Crippen LogP contribution in [0.5, 0.6) is 5.75 Å². The van der Waals surface area contributed by atoms with Crippen molar-refractivity contribution < 1.29 is 85.1 Å². The first-order chi connectivity index (χ1) is 22.9. The van der Waals surface area contributed by atoms with Crippen molar-refractivity contribution in [2.75, 3.05) is 29.5 Å². The van der Waals surface area contributed by atoms with Crippen LogP contribution in [-0.2, 0) is 36.4 Å². The van der Waals surface area contributed by atoms with E-state index in [0.29, 0.717) is 36.8 Å². The van der Waals surface area contributed by atoms with E-state index >= 15 is 0 Å². The Bertz CT molecular complexity index is 1540. The van der Waals surface area contributed by atoms with Gasteiger partial charge < -0.3 is 21.1 Å². The van der Waals surface area contributed by atoms with Gasteiger partial charge in [0.15, 0.2) is 5.75 Å². The van der Waals surface area contributed by atoms with Gasteiger partial charge in [-0.3, -0.25) is 4.79 Å². The van der Waals surface area contributed by atoms with Crippen LogP contribution in [-0.4, -0.2) is 40.7 Å². The Morgan fingerprint density at radius 3 is 1.94 bits per heavy atom. The van der Waals surface area contributed by atoms with Crippen LogP contribution < -0.4 is 44.1 Å². The molecule has 0 aliphatic heterocycles. The van der Waals surface area contributed by atoms with Crippen molar-refractivity contribution in [2.45, 2.75) is 77.1 Å². The first-order valence-electron chi connectivity index (χ1n) is 15.6. The Morgan fingerprint density at radius 1 is 0.840 bits per heavy atom. The molecule has 0 bridgehead atoms. The molecule has 1 N–H and O–H groups in total. The molecule has 2 aromatic carbocycles. The van der Waals surface area contributed by atoms with Crippen molar-refractivity contribution in [3.05, 3.63) is 76.6 Å². The fourth-order valence-electron chi connectivity index (χ4n) is 5.81. The number of carbonyl (C=O) groups is 1. The van der Waals surface area contributed by atoms with Crippen LogP contribution in [0.1, 0.15) is 74.7 Å². The molecule has 1 heterocycles. The molecule has 1 aromatic heterocycles. The maximum atomic E-state index is 14.0.